The van der Waals surface area contributed by atoms with E-state index in [1.165, 1.54) is 19.1 Å². The summed E-state index contributed by atoms with van der Waals surface area (Å²) in [5, 5.41) is 11.8. The highest BCUT2D eigenvalue weighted by Gasteiger charge is 2.26. The molecule has 0 aliphatic rings. The lowest BCUT2D eigenvalue weighted by atomic mass is 9.99. The topological polar surface area (TPSA) is 107 Å². The van der Waals surface area contributed by atoms with Gasteiger partial charge in [0.05, 0.1) is 40.2 Å². The molecule has 3 rings (SSSR count). The van der Waals surface area contributed by atoms with E-state index < -0.39 is 18.0 Å². The highest BCUT2D eigenvalue weighted by atomic mass is 35.5. The Labute approximate surface area is 226 Å². The van der Waals surface area contributed by atoms with Crippen LogP contribution in [0.5, 0.6) is 17.4 Å². The number of carbonyl (C=O) groups excluding carboxylic acids is 2. The van der Waals surface area contributed by atoms with Crippen molar-refractivity contribution in [3.8, 4) is 17.4 Å². The molecule has 1 aromatic heterocycles. The maximum absolute atomic E-state index is 13.5. The lowest BCUT2D eigenvalue weighted by molar-refractivity contribution is -0.137. The molecule has 10 heteroatoms. The fourth-order valence-electron chi connectivity index (χ4n) is 3.79. The van der Waals surface area contributed by atoms with Crippen LogP contribution in [-0.4, -0.2) is 49.9 Å². The summed E-state index contributed by atoms with van der Waals surface area (Å²) in [7, 11) is 4.50. The van der Waals surface area contributed by atoms with E-state index in [0.29, 0.717) is 38.9 Å². The van der Waals surface area contributed by atoms with Crippen molar-refractivity contribution in [1.82, 2.24) is 4.98 Å². The lowest BCUT2D eigenvalue weighted by Gasteiger charge is -2.27. The Morgan fingerprint density at radius 2 is 1.82 bits per heavy atom. The predicted molar refractivity (Wildman–Crippen MR) is 143 cm³/mol. The molecular formula is C28H29ClN2O7. The van der Waals surface area contributed by atoms with Crippen LogP contribution < -0.4 is 19.1 Å². The Balaban J connectivity index is 2.14. The number of methoxy groups -OCH3 is 3. The van der Waals surface area contributed by atoms with Crippen molar-refractivity contribution < 1.29 is 33.6 Å². The summed E-state index contributed by atoms with van der Waals surface area (Å²) < 4.78 is 21.0. The molecule has 0 radical (unpaired) electrons. The van der Waals surface area contributed by atoms with Crippen molar-refractivity contribution in [3.63, 3.8) is 0 Å². The third-order valence-corrected chi connectivity index (χ3v) is 5.84. The van der Waals surface area contributed by atoms with Gasteiger partial charge in [-0.05, 0) is 49.4 Å². The van der Waals surface area contributed by atoms with E-state index in [-0.39, 0.29) is 19.0 Å². The third kappa shape index (κ3) is 6.81. The molecule has 200 valence electrons. The van der Waals surface area contributed by atoms with E-state index >= 15 is 0 Å². The second-order valence-electron chi connectivity index (χ2n) is 7.90. The number of hydrogen-bond donors (Lipinski definition) is 1. The van der Waals surface area contributed by atoms with Gasteiger partial charge in [-0.1, -0.05) is 11.6 Å². The predicted octanol–water partition coefficient (Wildman–Crippen LogP) is 4.50. The number of hydrogen-bond acceptors (Lipinski definition) is 8. The average molecular weight is 541 g/mol. The number of amides is 1. The number of esters is 1. The standard InChI is InChI=1S/C28H29ClN2O7/c1-5-38-26(33)13-12-25(32)31(17-18-8-10-20(35-2)16-24(18)36-3)23-11-9-19(29)15-22(23)27(34)21-7-6-14-30-28(21)37-4/h6-16,27,34H,5,17H2,1-4H3. The molecule has 1 atom stereocenters. The molecule has 9 nitrogen and oxygen atoms in total. The van der Waals surface area contributed by atoms with Crippen LogP contribution in [0.4, 0.5) is 5.69 Å². The molecule has 0 aliphatic carbocycles. The van der Waals surface area contributed by atoms with Crippen LogP contribution in [0.25, 0.3) is 0 Å². The smallest absolute Gasteiger partial charge is 0.330 e. The van der Waals surface area contributed by atoms with Crippen molar-refractivity contribution in [2.45, 2.75) is 19.6 Å². The van der Waals surface area contributed by atoms with Crippen LogP contribution in [-0.2, 0) is 20.9 Å². The van der Waals surface area contributed by atoms with E-state index in [0.717, 1.165) is 12.2 Å². The molecule has 0 saturated carbocycles. The minimum atomic E-state index is -1.24. The first kappa shape index (κ1) is 28.5. The summed E-state index contributed by atoms with van der Waals surface area (Å²) in [5.41, 5.74) is 1.72. The Morgan fingerprint density at radius 1 is 1.03 bits per heavy atom. The van der Waals surface area contributed by atoms with Crippen LogP contribution in [0.2, 0.25) is 5.02 Å². The third-order valence-electron chi connectivity index (χ3n) is 5.60. The van der Waals surface area contributed by atoms with Crippen LogP contribution in [0.3, 0.4) is 0 Å². The summed E-state index contributed by atoms with van der Waals surface area (Å²) in [6.45, 7) is 1.87. The first-order valence-electron chi connectivity index (χ1n) is 11.7. The first-order valence-corrected chi connectivity index (χ1v) is 12.0. The molecule has 0 bridgehead atoms. The van der Waals surface area contributed by atoms with Gasteiger partial charge in [0.15, 0.2) is 0 Å². The molecule has 0 saturated heterocycles. The van der Waals surface area contributed by atoms with Gasteiger partial charge in [0.2, 0.25) is 5.88 Å². The molecule has 2 aromatic carbocycles. The fraction of sp³-hybridized carbons (Fsp3) is 0.250. The Hall–Kier alpha value is -4.08. The van der Waals surface area contributed by atoms with Gasteiger partial charge in [-0.15, -0.1) is 0 Å². The van der Waals surface area contributed by atoms with E-state index in [4.69, 9.17) is 30.5 Å². The summed E-state index contributed by atoms with van der Waals surface area (Å²) in [6, 6.07) is 13.3. The fourth-order valence-corrected chi connectivity index (χ4v) is 3.97. The zero-order chi connectivity index (χ0) is 27.7. The highest BCUT2D eigenvalue weighted by molar-refractivity contribution is 6.30. The molecule has 0 fully saturated rings. The summed E-state index contributed by atoms with van der Waals surface area (Å²) in [5.74, 6) is 0.102. The van der Waals surface area contributed by atoms with Crippen LogP contribution in [0.15, 0.2) is 66.9 Å². The number of anilines is 1. The largest absolute Gasteiger partial charge is 0.497 e. The molecular weight excluding hydrogens is 512 g/mol. The molecule has 1 unspecified atom stereocenters. The number of ether oxygens (including phenoxy) is 4. The van der Waals surface area contributed by atoms with Gasteiger partial charge in [0.25, 0.3) is 5.91 Å². The van der Waals surface area contributed by atoms with Crippen LogP contribution in [0, 0.1) is 0 Å². The number of aliphatic hydroxyl groups excluding tert-OH is 1. The van der Waals surface area contributed by atoms with E-state index in [9.17, 15) is 14.7 Å². The Bertz CT molecular complexity index is 1310. The maximum atomic E-state index is 13.5. The van der Waals surface area contributed by atoms with Crippen LogP contribution in [0.1, 0.15) is 29.7 Å². The quantitative estimate of drug-likeness (QED) is 0.280. The first-order chi connectivity index (χ1) is 18.3. The number of pyridine rings is 1. The molecule has 1 N–H and O–H groups in total. The summed E-state index contributed by atoms with van der Waals surface area (Å²) in [6.07, 6.45) is 2.47. The van der Waals surface area contributed by atoms with Gasteiger partial charge in [-0.25, -0.2) is 9.78 Å². The molecule has 1 amide bonds. The van der Waals surface area contributed by atoms with Gasteiger partial charge < -0.3 is 29.0 Å². The van der Waals surface area contributed by atoms with Gasteiger partial charge in [0.1, 0.15) is 17.6 Å². The number of aromatic nitrogens is 1. The number of halogens is 1. The van der Waals surface area contributed by atoms with E-state index in [1.54, 1.807) is 68.8 Å². The van der Waals surface area contributed by atoms with Crippen molar-refractivity contribution >= 4 is 29.2 Å². The zero-order valence-corrected chi connectivity index (χ0v) is 22.3. The number of benzene rings is 2. The van der Waals surface area contributed by atoms with Crippen molar-refractivity contribution in [2.24, 2.45) is 0 Å². The maximum Gasteiger partial charge on any atom is 0.330 e. The Kier molecular flexibility index (Phi) is 10.1. The van der Waals surface area contributed by atoms with Gasteiger partial charge in [0, 0.05) is 46.1 Å². The van der Waals surface area contributed by atoms with E-state index in [2.05, 4.69) is 4.98 Å². The average Bonchev–Trinajstić information content (AvgIpc) is 2.94. The summed E-state index contributed by atoms with van der Waals surface area (Å²) in [4.78, 5) is 31.0. The Morgan fingerprint density at radius 3 is 2.50 bits per heavy atom. The minimum absolute atomic E-state index is 0.0324. The normalized spacial score (nSPS) is 11.6. The molecule has 0 spiro atoms. The highest BCUT2D eigenvalue weighted by Crippen LogP contribution is 2.37. The second kappa shape index (κ2) is 13.5. The van der Waals surface area contributed by atoms with Gasteiger partial charge in [-0.2, -0.15) is 0 Å². The van der Waals surface area contributed by atoms with Gasteiger partial charge >= 0.3 is 5.97 Å². The van der Waals surface area contributed by atoms with Crippen molar-refractivity contribution in [2.75, 3.05) is 32.8 Å². The van der Waals surface area contributed by atoms with E-state index in [1.807, 2.05) is 0 Å². The second-order valence-corrected chi connectivity index (χ2v) is 8.33. The van der Waals surface area contributed by atoms with Crippen molar-refractivity contribution in [1.29, 1.82) is 0 Å². The zero-order valence-electron chi connectivity index (χ0n) is 21.5. The minimum Gasteiger partial charge on any atom is -0.497 e. The number of aliphatic hydroxyl groups is 1. The monoisotopic (exact) mass is 540 g/mol. The summed E-state index contributed by atoms with van der Waals surface area (Å²) >= 11 is 6.31. The molecule has 38 heavy (non-hydrogen) atoms. The molecule has 1 heterocycles. The number of carbonyl (C=O) groups is 2. The van der Waals surface area contributed by atoms with Crippen molar-refractivity contribution in [3.05, 3.63) is 88.6 Å². The SMILES string of the molecule is CCOC(=O)C=CC(=O)N(Cc1ccc(OC)cc1OC)c1ccc(Cl)cc1C(O)c1cccnc1OC. The van der Waals surface area contributed by atoms with Crippen LogP contribution >= 0.6 is 11.6 Å². The lowest BCUT2D eigenvalue weighted by Crippen LogP contribution is -2.30. The number of rotatable bonds is 11. The molecule has 0 aliphatic heterocycles. The molecule has 3 aromatic rings. The van der Waals surface area contributed by atoms with Gasteiger partial charge in [-0.3, -0.25) is 4.79 Å². The number of nitrogens with zero attached hydrogens (tertiary/aromatic N) is 2.